The van der Waals surface area contributed by atoms with Gasteiger partial charge in [0.2, 0.25) is 6.08 Å². The van der Waals surface area contributed by atoms with Crippen molar-refractivity contribution in [1.29, 1.82) is 0 Å². The van der Waals surface area contributed by atoms with Gasteiger partial charge in [0.05, 0.1) is 11.6 Å². The Balaban J connectivity index is 3.07. The summed E-state index contributed by atoms with van der Waals surface area (Å²) in [6, 6.07) is 2.78. The molecule has 0 radical (unpaired) electrons. The van der Waals surface area contributed by atoms with Crippen LogP contribution in [0, 0.1) is 12.7 Å². The van der Waals surface area contributed by atoms with E-state index in [0.717, 1.165) is 11.1 Å². The van der Waals surface area contributed by atoms with Gasteiger partial charge in [0.25, 0.3) is 0 Å². The van der Waals surface area contributed by atoms with E-state index < -0.39 is 5.82 Å². The van der Waals surface area contributed by atoms with Crippen LogP contribution in [-0.4, -0.2) is 6.08 Å². The minimum absolute atomic E-state index is 0.0432. The maximum absolute atomic E-state index is 12.8. The lowest BCUT2D eigenvalue weighted by molar-refractivity contribution is 0.562. The molecule has 0 atom stereocenters. The van der Waals surface area contributed by atoms with Gasteiger partial charge in [-0.3, -0.25) is 0 Å². The van der Waals surface area contributed by atoms with E-state index in [9.17, 15) is 9.18 Å². The van der Waals surface area contributed by atoms with E-state index in [2.05, 4.69) is 4.99 Å². The van der Waals surface area contributed by atoms with Gasteiger partial charge in [-0.15, -0.1) is 0 Å². The first-order valence-electron chi connectivity index (χ1n) is 3.63. The highest BCUT2D eigenvalue weighted by atomic mass is 35.5. The summed E-state index contributed by atoms with van der Waals surface area (Å²) >= 11 is 5.55. The van der Waals surface area contributed by atoms with Gasteiger partial charge in [0, 0.05) is 0 Å². The first-order chi connectivity index (χ1) is 6.15. The Kier molecular flexibility index (Phi) is 3.18. The minimum Gasteiger partial charge on any atom is -0.211 e. The van der Waals surface area contributed by atoms with Gasteiger partial charge in [0.15, 0.2) is 0 Å². The van der Waals surface area contributed by atoms with Gasteiger partial charge in [-0.1, -0.05) is 11.6 Å². The van der Waals surface area contributed by atoms with Crippen molar-refractivity contribution in [3.8, 4) is 0 Å². The molecular formula is C9H7ClFNO. The summed E-state index contributed by atoms with van der Waals surface area (Å²) in [5, 5.41) is 0.0432. The first kappa shape index (κ1) is 9.90. The lowest BCUT2D eigenvalue weighted by atomic mass is 10.1. The normalized spacial score (nSPS) is 9.46. The van der Waals surface area contributed by atoms with Gasteiger partial charge in [0.1, 0.15) is 5.82 Å². The van der Waals surface area contributed by atoms with Crippen molar-refractivity contribution in [2.75, 3.05) is 0 Å². The van der Waals surface area contributed by atoms with Crippen LogP contribution in [0.3, 0.4) is 0 Å². The number of nitrogens with zero attached hydrogens (tertiary/aromatic N) is 1. The second-order valence-electron chi connectivity index (χ2n) is 2.60. The van der Waals surface area contributed by atoms with Crippen molar-refractivity contribution in [3.63, 3.8) is 0 Å². The molecule has 1 rings (SSSR count). The van der Waals surface area contributed by atoms with Crippen molar-refractivity contribution in [2.24, 2.45) is 4.99 Å². The molecule has 0 bridgehead atoms. The van der Waals surface area contributed by atoms with Crippen LogP contribution in [0.15, 0.2) is 17.1 Å². The SMILES string of the molecule is Cc1cc(F)c(Cl)cc1CN=C=O. The predicted octanol–water partition coefficient (Wildman–Crippen LogP) is 2.62. The van der Waals surface area contributed by atoms with E-state index in [0.29, 0.717) is 0 Å². The second kappa shape index (κ2) is 4.17. The summed E-state index contributed by atoms with van der Waals surface area (Å²) in [6.07, 6.45) is 1.42. The Morgan fingerprint density at radius 1 is 1.62 bits per heavy atom. The van der Waals surface area contributed by atoms with E-state index in [4.69, 9.17) is 11.6 Å². The summed E-state index contributed by atoms with van der Waals surface area (Å²) in [7, 11) is 0. The van der Waals surface area contributed by atoms with Crippen LogP contribution in [0.2, 0.25) is 5.02 Å². The van der Waals surface area contributed by atoms with Crippen LogP contribution < -0.4 is 0 Å². The first-order valence-corrected chi connectivity index (χ1v) is 4.01. The van der Waals surface area contributed by atoms with Crippen molar-refractivity contribution < 1.29 is 9.18 Å². The number of carbonyl (C=O) groups excluding carboxylic acids is 1. The number of isocyanates is 1. The molecule has 1 aromatic carbocycles. The largest absolute Gasteiger partial charge is 0.235 e. The zero-order valence-corrected chi connectivity index (χ0v) is 7.73. The predicted molar refractivity (Wildman–Crippen MR) is 48.0 cm³/mol. The quantitative estimate of drug-likeness (QED) is 0.532. The molecule has 0 aromatic heterocycles. The Morgan fingerprint density at radius 2 is 2.31 bits per heavy atom. The standard InChI is InChI=1S/C9H7ClFNO/c1-6-2-9(11)8(10)3-7(6)4-12-5-13/h2-3H,4H2,1H3. The van der Waals surface area contributed by atoms with Crippen molar-refractivity contribution in [1.82, 2.24) is 0 Å². The Morgan fingerprint density at radius 3 is 2.92 bits per heavy atom. The molecule has 13 heavy (non-hydrogen) atoms. The lowest BCUT2D eigenvalue weighted by Gasteiger charge is -2.02. The average molecular weight is 200 g/mol. The molecule has 0 fully saturated rings. The number of rotatable bonds is 2. The van der Waals surface area contributed by atoms with E-state index >= 15 is 0 Å². The van der Waals surface area contributed by atoms with E-state index in [1.54, 1.807) is 6.92 Å². The molecule has 0 saturated heterocycles. The fourth-order valence-electron chi connectivity index (χ4n) is 0.975. The Hall–Kier alpha value is -1.18. The highest BCUT2D eigenvalue weighted by Crippen LogP contribution is 2.20. The second-order valence-corrected chi connectivity index (χ2v) is 3.01. The molecule has 1 aromatic rings. The summed E-state index contributed by atoms with van der Waals surface area (Å²) < 4.78 is 12.8. The Bertz CT molecular complexity index is 372. The molecule has 0 aliphatic carbocycles. The van der Waals surface area contributed by atoms with Gasteiger partial charge < -0.3 is 0 Å². The van der Waals surface area contributed by atoms with Crippen LogP contribution in [0.1, 0.15) is 11.1 Å². The summed E-state index contributed by atoms with van der Waals surface area (Å²) in [5.41, 5.74) is 1.45. The van der Waals surface area contributed by atoms with E-state index in [1.165, 1.54) is 18.2 Å². The minimum atomic E-state index is -0.460. The highest BCUT2D eigenvalue weighted by Gasteiger charge is 2.04. The molecule has 0 saturated carbocycles. The van der Waals surface area contributed by atoms with Crippen molar-refractivity contribution in [3.05, 3.63) is 34.1 Å². The molecular weight excluding hydrogens is 193 g/mol. The number of hydrogen-bond acceptors (Lipinski definition) is 2. The third-order valence-corrected chi connectivity index (χ3v) is 1.98. The van der Waals surface area contributed by atoms with Crippen LogP contribution in [0.4, 0.5) is 4.39 Å². The summed E-state index contributed by atoms with van der Waals surface area (Å²) in [4.78, 5) is 13.2. The van der Waals surface area contributed by atoms with Gasteiger partial charge in [-0.05, 0) is 30.2 Å². The molecule has 2 nitrogen and oxygen atoms in total. The summed E-state index contributed by atoms with van der Waals surface area (Å²) in [5.74, 6) is -0.460. The van der Waals surface area contributed by atoms with Gasteiger partial charge in [-0.2, -0.15) is 0 Å². The molecule has 0 amide bonds. The molecule has 4 heteroatoms. The van der Waals surface area contributed by atoms with Crippen LogP contribution in [0.5, 0.6) is 0 Å². The molecule has 68 valence electrons. The molecule has 0 N–H and O–H groups in total. The zero-order chi connectivity index (χ0) is 9.84. The van der Waals surface area contributed by atoms with E-state index in [-0.39, 0.29) is 11.6 Å². The van der Waals surface area contributed by atoms with Crippen LogP contribution in [0.25, 0.3) is 0 Å². The fraction of sp³-hybridized carbons (Fsp3) is 0.222. The summed E-state index contributed by atoms with van der Waals surface area (Å²) in [6.45, 7) is 1.92. The number of halogens is 2. The molecule has 0 spiro atoms. The topological polar surface area (TPSA) is 29.4 Å². The average Bonchev–Trinajstić information content (AvgIpc) is 2.09. The number of benzene rings is 1. The van der Waals surface area contributed by atoms with Gasteiger partial charge >= 0.3 is 0 Å². The smallest absolute Gasteiger partial charge is 0.211 e. The fourth-order valence-corrected chi connectivity index (χ4v) is 1.16. The lowest BCUT2D eigenvalue weighted by Crippen LogP contribution is -1.89. The zero-order valence-electron chi connectivity index (χ0n) is 6.97. The molecule has 0 aliphatic heterocycles. The maximum Gasteiger partial charge on any atom is 0.235 e. The molecule has 0 aliphatic rings. The number of aryl methyl sites for hydroxylation is 1. The monoisotopic (exact) mass is 199 g/mol. The Labute approximate surface area is 80.1 Å². The van der Waals surface area contributed by atoms with Crippen molar-refractivity contribution >= 4 is 17.7 Å². The van der Waals surface area contributed by atoms with E-state index in [1.807, 2.05) is 0 Å². The van der Waals surface area contributed by atoms with Crippen LogP contribution in [-0.2, 0) is 11.3 Å². The number of hydrogen-bond donors (Lipinski definition) is 0. The third kappa shape index (κ3) is 2.38. The van der Waals surface area contributed by atoms with Gasteiger partial charge in [-0.25, -0.2) is 14.2 Å². The third-order valence-electron chi connectivity index (χ3n) is 1.69. The molecule has 0 unspecified atom stereocenters. The molecule has 0 heterocycles. The number of aliphatic imine (C=N–C) groups is 1. The maximum atomic E-state index is 12.8. The van der Waals surface area contributed by atoms with Crippen molar-refractivity contribution in [2.45, 2.75) is 13.5 Å². The highest BCUT2D eigenvalue weighted by molar-refractivity contribution is 6.30. The van der Waals surface area contributed by atoms with Crippen LogP contribution >= 0.6 is 11.6 Å².